The monoisotopic (exact) mass is 490 g/mol. The minimum Gasteiger partial charge on any atom is -0.497 e. The number of nitrogens with zero attached hydrogens (tertiary/aromatic N) is 2. The lowest BCUT2D eigenvalue weighted by Crippen LogP contribution is -2.50. The van der Waals surface area contributed by atoms with E-state index in [1.807, 2.05) is 26.8 Å². The lowest BCUT2D eigenvalue weighted by Gasteiger charge is -2.40. The van der Waals surface area contributed by atoms with E-state index in [-0.39, 0.29) is 29.4 Å². The fraction of sp³-hybridized carbons (Fsp3) is 0.500. The number of alkyl halides is 3. The van der Waals surface area contributed by atoms with Gasteiger partial charge in [-0.15, -0.1) is 0 Å². The molecule has 0 N–H and O–H groups in total. The molecular formula is C26H29F3N2O4. The number of piperidine rings is 1. The lowest BCUT2D eigenvalue weighted by atomic mass is 9.87. The molecule has 1 amide bonds. The van der Waals surface area contributed by atoms with Crippen LogP contribution in [0.25, 0.3) is 11.1 Å². The molecule has 2 aromatic carbocycles. The van der Waals surface area contributed by atoms with Crippen LogP contribution in [0, 0.1) is 0 Å². The number of likely N-dealkylation sites (tertiary alicyclic amines) is 1. The van der Waals surface area contributed by atoms with Gasteiger partial charge in [0.05, 0.1) is 24.9 Å². The Morgan fingerprint density at radius 1 is 1.11 bits per heavy atom. The highest BCUT2D eigenvalue weighted by atomic mass is 19.4. The molecule has 1 saturated heterocycles. The normalized spacial score (nSPS) is 21.2. The SMILES string of the molecule is COc1ccc(-c2cc3c4c(c2)[C@@H]2CN(C(=O)OC(C)(C)C)CC[C@@H]2N4CCO3)c(C(F)(F)F)c1. The van der Waals surface area contributed by atoms with Gasteiger partial charge in [0.1, 0.15) is 23.7 Å². The number of ether oxygens (including phenoxy) is 3. The molecule has 35 heavy (non-hydrogen) atoms. The van der Waals surface area contributed by atoms with Gasteiger partial charge in [-0.3, -0.25) is 0 Å². The van der Waals surface area contributed by atoms with Crippen LogP contribution >= 0.6 is 0 Å². The van der Waals surface area contributed by atoms with Crippen LogP contribution in [0.4, 0.5) is 23.7 Å². The van der Waals surface area contributed by atoms with Crippen molar-refractivity contribution in [3.8, 4) is 22.6 Å². The number of fused-ring (bicyclic) bond motifs is 3. The summed E-state index contributed by atoms with van der Waals surface area (Å²) in [5, 5.41) is 0. The predicted octanol–water partition coefficient (Wildman–Crippen LogP) is 5.69. The first kappa shape index (κ1) is 23.6. The van der Waals surface area contributed by atoms with Crippen LogP contribution in [-0.2, 0) is 10.9 Å². The van der Waals surface area contributed by atoms with Crippen LogP contribution in [0.2, 0.25) is 0 Å². The fourth-order valence-corrected chi connectivity index (χ4v) is 5.43. The second-order valence-corrected chi connectivity index (χ2v) is 10.3. The Hall–Kier alpha value is -3.10. The number of methoxy groups -OCH3 is 1. The number of carbonyl (C=O) groups is 1. The van der Waals surface area contributed by atoms with Crippen molar-refractivity contribution in [3.05, 3.63) is 41.5 Å². The third kappa shape index (κ3) is 4.25. The predicted molar refractivity (Wildman–Crippen MR) is 125 cm³/mol. The zero-order valence-electron chi connectivity index (χ0n) is 20.2. The van der Waals surface area contributed by atoms with Crippen LogP contribution < -0.4 is 14.4 Å². The Labute approximate surface area is 202 Å². The zero-order chi connectivity index (χ0) is 25.1. The van der Waals surface area contributed by atoms with Gasteiger partial charge in [-0.05, 0) is 68.1 Å². The largest absolute Gasteiger partial charge is 0.497 e. The van der Waals surface area contributed by atoms with E-state index in [4.69, 9.17) is 14.2 Å². The molecular weight excluding hydrogens is 461 g/mol. The van der Waals surface area contributed by atoms with E-state index < -0.39 is 17.3 Å². The topological polar surface area (TPSA) is 51.2 Å². The summed E-state index contributed by atoms with van der Waals surface area (Å²) in [6.07, 6.45) is -4.16. The van der Waals surface area contributed by atoms with Gasteiger partial charge in [-0.1, -0.05) is 6.07 Å². The number of hydrogen-bond donors (Lipinski definition) is 0. The van der Waals surface area contributed by atoms with Gasteiger partial charge in [-0.2, -0.15) is 13.2 Å². The highest BCUT2D eigenvalue weighted by Crippen LogP contribution is 2.53. The molecule has 3 heterocycles. The van der Waals surface area contributed by atoms with Crippen LogP contribution in [0.5, 0.6) is 11.5 Å². The second kappa shape index (κ2) is 8.24. The molecule has 2 aromatic rings. The van der Waals surface area contributed by atoms with Crippen molar-refractivity contribution in [2.75, 3.05) is 38.3 Å². The van der Waals surface area contributed by atoms with Crippen molar-refractivity contribution in [1.29, 1.82) is 0 Å². The summed E-state index contributed by atoms with van der Waals surface area (Å²) in [6.45, 7) is 7.68. The minimum atomic E-state index is -4.55. The number of benzene rings is 2. The van der Waals surface area contributed by atoms with Crippen molar-refractivity contribution in [3.63, 3.8) is 0 Å². The van der Waals surface area contributed by atoms with Crippen LogP contribution in [0.15, 0.2) is 30.3 Å². The van der Waals surface area contributed by atoms with Crippen LogP contribution in [0.1, 0.15) is 44.2 Å². The molecule has 6 nitrogen and oxygen atoms in total. The molecule has 0 aliphatic carbocycles. The second-order valence-electron chi connectivity index (χ2n) is 10.3. The summed E-state index contributed by atoms with van der Waals surface area (Å²) in [5.41, 5.74) is 0.993. The standard InChI is InChI=1S/C26H29F3N2O4/c1-25(2,3)35-24(32)30-8-7-21-19(14-30)18-11-15(12-22-23(18)31(21)9-10-34-22)17-6-5-16(33-4)13-20(17)26(27,28)29/h5-6,11-13,19,21H,7-10,14H2,1-4H3/t19-,21-/m0/s1. The van der Waals surface area contributed by atoms with Gasteiger partial charge in [-0.25, -0.2) is 4.79 Å². The van der Waals surface area contributed by atoms with E-state index in [9.17, 15) is 18.0 Å². The van der Waals surface area contributed by atoms with E-state index in [0.29, 0.717) is 37.6 Å². The molecule has 5 rings (SSSR count). The third-order valence-corrected chi connectivity index (χ3v) is 6.85. The highest BCUT2D eigenvalue weighted by molar-refractivity contribution is 5.81. The summed E-state index contributed by atoms with van der Waals surface area (Å²) in [7, 11) is 1.34. The van der Waals surface area contributed by atoms with Gasteiger partial charge < -0.3 is 24.0 Å². The molecule has 9 heteroatoms. The average Bonchev–Trinajstić information content (AvgIpc) is 3.11. The summed E-state index contributed by atoms with van der Waals surface area (Å²) in [4.78, 5) is 16.8. The summed E-state index contributed by atoms with van der Waals surface area (Å²) < 4.78 is 58.5. The first-order valence-electron chi connectivity index (χ1n) is 11.8. The van der Waals surface area contributed by atoms with Gasteiger partial charge in [0, 0.05) is 25.0 Å². The maximum absolute atomic E-state index is 14.0. The van der Waals surface area contributed by atoms with E-state index >= 15 is 0 Å². The first-order chi connectivity index (χ1) is 16.5. The van der Waals surface area contributed by atoms with Crippen LogP contribution in [-0.4, -0.2) is 56.0 Å². The molecule has 2 atom stereocenters. The Kier molecular flexibility index (Phi) is 5.56. The quantitative estimate of drug-likeness (QED) is 0.542. The average molecular weight is 491 g/mol. The van der Waals surface area contributed by atoms with Crippen molar-refractivity contribution in [2.45, 2.75) is 50.9 Å². The molecule has 0 radical (unpaired) electrons. The minimum absolute atomic E-state index is 0.0424. The molecule has 0 saturated carbocycles. The fourth-order valence-electron chi connectivity index (χ4n) is 5.43. The summed E-state index contributed by atoms with van der Waals surface area (Å²) in [5.74, 6) is 0.691. The van der Waals surface area contributed by atoms with Gasteiger partial charge in [0.2, 0.25) is 0 Å². The number of carbonyl (C=O) groups excluding carboxylic acids is 1. The Morgan fingerprint density at radius 3 is 2.57 bits per heavy atom. The molecule has 3 aliphatic rings. The van der Waals surface area contributed by atoms with Crippen molar-refractivity contribution >= 4 is 11.8 Å². The van der Waals surface area contributed by atoms with Crippen molar-refractivity contribution in [2.24, 2.45) is 0 Å². The number of anilines is 1. The molecule has 0 bridgehead atoms. The maximum atomic E-state index is 14.0. The lowest BCUT2D eigenvalue weighted by molar-refractivity contribution is -0.137. The Morgan fingerprint density at radius 2 is 1.89 bits per heavy atom. The van der Waals surface area contributed by atoms with E-state index in [1.54, 1.807) is 11.0 Å². The summed E-state index contributed by atoms with van der Waals surface area (Å²) >= 11 is 0. The molecule has 3 aliphatic heterocycles. The van der Waals surface area contributed by atoms with Gasteiger partial charge >= 0.3 is 12.3 Å². The summed E-state index contributed by atoms with van der Waals surface area (Å²) in [6, 6.07) is 7.70. The number of amides is 1. The molecule has 188 valence electrons. The molecule has 0 spiro atoms. The third-order valence-electron chi connectivity index (χ3n) is 6.85. The molecule has 0 unspecified atom stereocenters. The van der Waals surface area contributed by atoms with Crippen molar-refractivity contribution in [1.82, 2.24) is 4.90 Å². The number of rotatable bonds is 2. The van der Waals surface area contributed by atoms with Gasteiger partial charge in [0.25, 0.3) is 0 Å². The maximum Gasteiger partial charge on any atom is 0.417 e. The van der Waals surface area contributed by atoms with E-state index in [0.717, 1.165) is 23.7 Å². The Balaban J connectivity index is 1.57. The van der Waals surface area contributed by atoms with Crippen molar-refractivity contribution < 1.29 is 32.2 Å². The molecule has 0 aromatic heterocycles. The zero-order valence-corrected chi connectivity index (χ0v) is 20.2. The first-order valence-corrected chi connectivity index (χ1v) is 11.8. The van der Waals surface area contributed by atoms with Gasteiger partial charge in [0.15, 0.2) is 0 Å². The Bertz CT molecular complexity index is 1160. The van der Waals surface area contributed by atoms with E-state index in [1.165, 1.54) is 19.2 Å². The number of halogens is 3. The van der Waals surface area contributed by atoms with E-state index in [2.05, 4.69) is 4.90 Å². The molecule has 1 fully saturated rings. The highest BCUT2D eigenvalue weighted by Gasteiger charge is 2.46. The smallest absolute Gasteiger partial charge is 0.417 e. The number of hydrogen-bond acceptors (Lipinski definition) is 5. The van der Waals surface area contributed by atoms with Crippen LogP contribution in [0.3, 0.4) is 0 Å².